The number of hydrogen-bond donors (Lipinski definition) is 1. The van der Waals surface area contributed by atoms with Gasteiger partial charge in [-0.25, -0.2) is 0 Å². The van der Waals surface area contributed by atoms with E-state index in [-0.39, 0.29) is 5.02 Å². The van der Waals surface area contributed by atoms with E-state index in [1.54, 1.807) is 0 Å². The van der Waals surface area contributed by atoms with Crippen molar-refractivity contribution in [2.45, 2.75) is 37.5 Å². The number of benzene rings is 1. The van der Waals surface area contributed by atoms with Gasteiger partial charge in [0.15, 0.2) is 0 Å². The van der Waals surface area contributed by atoms with Gasteiger partial charge >= 0.3 is 6.18 Å². The van der Waals surface area contributed by atoms with Crippen LogP contribution >= 0.6 is 11.6 Å². The third kappa shape index (κ3) is 3.36. The lowest BCUT2D eigenvalue weighted by molar-refractivity contribution is -0.137. The Balaban J connectivity index is 2.14. The topological polar surface area (TPSA) is 20.2 Å². The molecule has 17 heavy (non-hydrogen) atoms. The SMILES string of the molecule is OC1(CCc2cc(Cl)cc(C(F)(F)F)c2)CC1. The number of hydrogen-bond acceptors (Lipinski definition) is 1. The summed E-state index contributed by atoms with van der Waals surface area (Å²) in [5.74, 6) is 0. The van der Waals surface area contributed by atoms with Crippen LogP contribution in [0.25, 0.3) is 0 Å². The Kier molecular flexibility index (Phi) is 3.12. The zero-order valence-corrected chi connectivity index (χ0v) is 9.78. The second-order valence-electron chi connectivity index (χ2n) is 4.57. The lowest BCUT2D eigenvalue weighted by atomic mass is 10.0. The molecule has 5 heteroatoms. The summed E-state index contributed by atoms with van der Waals surface area (Å²) in [5.41, 5.74) is -0.867. The molecule has 1 N–H and O–H groups in total. The van der Waals surface area contributed by atoms with E-state index in [9.17, 15) is 18.3 Å². The molecule has 0 spiro atoms. The van der Waals surface area contributed by atoms with Crippen LogP contribution in [0.4, 0.5) is 13.2 Å². The zero-order valence-electron chi connectivity index (χ0n) is 9.02. The van der Waals surface area contributed by atoms with Crippen LogP contribution in [0.5, 0.6) is 0 Å². The van der Waals surface area contributed by atoms with Gasteiger partial charge in [0.25, 0.3) is 0 Å². The average Bonchev–Trinajstić information content (AvgIpc) is 2.92. The molecule has 0 aliphatic heterocycles. The largest absolute Gasteiger partial charge is 0.416 e. The molecule has 1 aromatic carbocycles. The van der Waals surface area contributed by atoms with Crippen LogP contribution in [0.2, 0.25) is 5.02 Å². The Morgan fingerprint density at radius 2 is 1.88 bits per heavy atom. The third-order valence-corrected chi connectivity index (χ3v) is 3.21. The number of alkyl halides is 3. The van der Waals surface area contributed by atoms with Crippen molar-refractivity contribution in [1.29, 1.82) is 0 Å². The molecule has 1 aliphatic carbocycles. The predicted molar refractivity (Wildman–Crippen MR) is 59.0 cm³/mol. The van der Waals surface area contributed by atoms with Crippen LogP contribution in [-0.2, 0) is 12.6 Å². The maximum Gasteiger partial charge on any atom is 0.416 e. The predicted octanol–water partition coefficient (Wildman–Crippen LogP) is 3.82. The highest BCUT2D eigenvalue weighted by atomic mass is 35.5. The van der Waals surface area contributed by atoms with Gasteiger partial charge < -0.3 is 5.11 Å². The molecule has 0 atom stereocenters. The summed E-state index contributed by atoms with van der Waals surface area (Å²) in [6.45, 7) is 0. The van der Waals surface area contributed by atoms with E-state index in [1.807, 2.05) is 0 Å². The molecule has 0 unspecified atom stereocenters. The monoisotopic (exact) mass is 264 g/mol. The van der Waals surface area contributed by atoms with Crippen LogP contribution < -0.4 is 0 Å². The van der Waals surface area contributed by atoms with Crippen LogP contribution in [0.15, 0.2) is 18.2 Å². The molecule has 1 aromatic rings. The van der Waals surface area contributed by atoms with Crippen molar-refractivity contribution in [1.82, 2.24) is 0 Å². The summed E-state index contributed by atoms with van der Waals surface area (Å²) in [6.07, 6.45) is -2.00. The summed E-state index contributed by atoms with van der Waals surface area (Å²) < 4.78 is 37.6. The molecule has 1 nitrogen and oxygen atoms in total. The van der Waals surface area contributed by atoms with E-state index in [0.29, 0.717) is 18.4 Å². The normalized spacial score (nSPS) is 18.2. The third-order valence-electron chi connectivity index (χ3n) is 2.99. The first kappa shape index (κ1) is 12.7. The fourth-order valence-corrected chi connectivity index (χ4v) is 1.99. The number of halogens is 4. The number of aryl methyl sites for hydroxylation is 1. The molecule has 0 radical (unpaired) electrons. The lowest BCUT2D eigenvalue weighted by Crippen LogP contribution is -2.09. The van der Waals surface area contributed by atoms with Crippen molar-refractivity contribution in [3.63, 3.8) is 0 Å². The standard InChI is InChI=1S/C12H12ClF3O/c13-10-6-8(1-2-11(17)3-4-11)5-9(7-10)12(14,15)16/h5-7,17H,1-4H2. The van der Waals surface area contributed by atoms with Gasteiger partial charge in [-0.3, -0.25) is 0 Å². The summed E-state index contributed by atoms with van der Waals surface area (Å²) in [4.78, 5) is 0. The van der Waals surface area contributed by atoms with Gasteiger partial charge in [0.2, 0.25) is 0 Å². The summed E-state index contributed by atoms with van der Waals surface area (Å²) in [7, 11) is 0. The van der Waals surface area contributed by atoms with Crippen molar-refractivity contribution in [2.75, 3.05) is 0 Å². The van der Waals surface area contributed by atoms with E-state index in [0.717, 1.165) is 25.0 Å². The van der Waals surface area contributed by atoms with Gasteiger partial charge in [-0.05, 0) is 49.4 Å². The molecule has 0 aromatic heterocycles. The van der Waals surface area contributed by atoms with Gasteiger partial charge in [0.1, 0.15) is 0 Å². The van der Waals surface area contributed by atoms with Crippen LogP contribution in [-0.4, -0.2) is 10.7 Å². The van der Waals surface area contributed by atoms with Crippen molar-refractivity contribution in [2.24, 2.45) is 0 Å². The van der Waals surface area contributed by atoms with E-state index >= 15 is 0 Å². The van der Waals surface area contributed by atoms with E-state index in [2.05, 4.69) is 0 Å². The van der Waals surface area contributed by atoms with Crippen LogP contribution in [0, 0.1) is 0 Å². The van der Waals surface area contributed by atoms with Gasteiger partial charge in [-0.2, -0.15) is 13.2 Å². The quantitative estimate of drug-likeness (QED) is 0.880. The van der Waals surface area contributed by atoms with E-state index < -0.39 is 17.3 Å². The Labute approximate surface area is 102 Å². The first-order valence-corrected chi connectivity index (χ1v) is 5.75. The minimum Gasteiger partial charge on any atom is -0.390 e. The molecule has 2 rings (SSSR count). The summed E-state index contributed by atoms with van der Waals surface area (Å²) in [5, 5.41) is 9.71. The zero-order chi connectivity index (χ0) is 12.7. The van der Waals surface area contributed by atoms with Crippen molar-refractivity contribution < 1.29 is 18.3 Å². The summed E-state index contributed by atoms with van der Waals surface area (Å²) in [6, 6.07) is 3.52. The highest BCUT2D eigenvalue weighted by molar-refractivity contribution is 6.30. The maximum atomic E-state index is 12.5. The Morgan fingerprint density at radius 3 is 2.41 bits per heavy atom. The molecular formula is C12H12ClF3O. The molecule has 1 saturated carbocycles. The molecule has 0 bridgehead atoms. The van der Waals surface area contributed by atoms with Crippen molar-refractivity contribution >= 4 is 11.6 Å². The molecule has 94 valence electrons. The minimum atomic E-state index is -4.38. The first-order chi connectivity index (χ1) is 7.78. The van der Waals surface area contributed by atoms with Crippen LogP contribution in [0.1, 0.15) is 30.4 Å². The van der Waals surface area contributed by atoms with E-state index in [1.165, 1.54) is 6.07 Å². The Morgan fingerprint density at radius 1 is 1.24 bits per heavy atom. The Bertz CT molecular complexity index is 424. The highest BCUT2D eigenvalue weighted by Crippen LogP contribution is 2.40. The lowest BCUT2D eigenvalue weighted by Gasteiger charge is -2.11. The average molecular weight is 265 g/mol. The minimum absolute atomic E-state index is 0.0811. The van der Waals surface area contributed by atoms with Gasteiger partial charge in [0.05, 0.1) is 11.2 Å². The number of aliphatic hydroxyl groups is 1. The first-order valence-electron chi connectivity index (χ1n) is 5.38. The van der Waals surface area contributed by atoms with Crippen LogP contribution in [0.3, 0.4) is 0 Å². The molecule has 0 amide bonds. The fourth-order valence-electron chi connectivity index (χ4n) is 1.73. The van der Waals surface area contributed by atoms with Gasteiger partial charge in [-0.1, -0.05) is 11.6 Å². The maximum absolute atomic E-state index is 12.5. The molecule has 1 aliphatic rings. The second-order valence-corrected chi connectivity index (χ2v) is 5.01. The Hall–Kier alpha value is -0.740. The molecular weight excluding hydrogens is 253 g/mol. The molecule has 0 heterocycles. The van der Waals surface area contributed by atoms with Gasteiger partial charge in [-0.15, -0.1) is 0 Å². The van der Waals surface area contributed by atoms with Gasteiger partial charge in [0, 0.05) is 5.02 Å². The molecule has 0 saturated heterocycles. The molecule has 1 fully saturated rings. The summed E-state index contributed by atoms with van der Waals surface area (Å²) >= 11 is 5.66. The van der Waals surface area contributed by atoms with E-state index in [4.69, 9.17) is 11.6 Å². The van der Waals surface area contributed by atoms with Crippen molar-refractivity contribution in [3.8, 4) is 0 Å². The smallest absolute Gasteiger partial charge is 0.390 e. The second kappa shape index (κ2) is 4.18. The fraction of sp³-hybridized carbons (Fsp3) is 0.500. The van der Waals surface area contributed by atoms with Crippen molar-refractivity contribution in [3.05, 3.63) is 34.3 Å². The highest BCUT2D eigenvalue weighted by Gasteiger charge is 2.39. The number of rotatable bonds is 3.